The van der Waals surface area contributed by atoms with Gasteiger partial charge < -0.3 is 14.2 Å². The Kier molecular flexibility index (Phi) is 7.33. The summed E-state index contributed by atoms with van der Waals surface area (Å²) in [4.78, 5) is 30.6. The highest BCUT2D eigenvalue weighted by atomic mass is 35.5. The summed E-state index contributed by atoms with van der Waals surface area (Å²) in [7, 11) is 0. The summed E-state index contributed by atoms with van der Waals surface area (Å²) in [5.41, 5.74) is 4.72. The van der Waals surface area contributed by atoms with E-state index in [9.17, 15) is 14.9 Å². The number of nitrogens with zero attached hydrogens (tertiary/aromatic N) is 4. The largest absolute Gasteiger partial charge is 0.464 e. The van der Waals surface area contributed by atoms with E-state index in [4.69, 9.17) is 16.0 Å². The lowest BCUT2D eigenvalue weighted by molar-refractivity contribution is -0.126. The molecule has 1 amide bonds. The molecule has 0 unspecified atom stereocenters. The number of halogens is 1. The fraction of sp³-hybridized carbons (Fsp3) is 0.229. The summed E-state index contributed by atoms with van der Waals surface area (Å²) in [6, 6.07) is 21.4. The number of rotatable bonds is 5. The van der Waals surface area contributed by atoms with Gasteiger partial charge in [-0.1, -0.05) is 68.4 Å². The zero-order valence-corrected chi connectivity index (χ0v) is 25.1. The fourth-order valence-electron chi connectivity index (χ4n) is 6.24. The third-order valence-electron chi connectivity index (χ3n) is 8.32. The van der Waals surface area contributed by atoms with Crippen molar-refractivity contribution in [3.05, 3.63) is 106 Å². The van der Waals surface area contributed by atoms with Crippen LogP contribution in [0.4, 0.5) is 5.69 Å². The van der Waals surface area contributed by atoms with Gasteiger partial charge in [0, 0.05) is 52.6 Å². The Morgan fingerprint density at radius 3 is 2.63 bits per heavy atom. The first-order chi connectivity index (χ1) is 20.7. The number of furan rings is 1. The van der Waals surface area contributed by atoms with Gasteiger partial charge in [0.25, 0.3) is 5.56 Å². The van der Waals surface area contributed by atoms with Crippen LogP contribution in [0.1, 0.15) is 37.8 Å². The first kappa shape index (κ1) is 28.3. The lowest BCUT2D eigenvalue weighted by atomic mass is 9.97. The number of carbonyl (C=O) groups excluding carboxylic acids is 1. The predicted molar refractivity (Wildman–Crippen MR) is 172 cm³/mol. The molecule has 0 radical (unpaired) electrons. The van der Waals surface area contributed by atoms with Gasteiger partial charge in [-0.2, -0.15) is 5.26 Å². The van der Waals surface area contributed by atoms with Crippen molar-refractivity contribution in [3.63, 3.8) is 0 Å². The molecule has 3 aromatic carbocycles. The number of fused-ring (bicyclic) bond motifs is 2. The fourth-order valence-corrected chi connectivity index (χ4v) is 6.51. The van der Waals surface area contributed by atoms with E-state index in [2.05, 4.69) is 31.4 Å². The van der Waals surface area contributed by atoms with Gasteiger partial charge in [0.1, 0.15) is 17.2 Å². The number of amides is 1. The molecule has 0 aliphatic carbocycles. The standard InChI is InChI=1S/C35H31ClN4O3/c1-5-32(41)38-14-15-39(22(4)20-38)33-27-17-29(36)26(25-11-8-9-23-13-16-43-34(23)25)18-31(27)40(35(42)28(33)19-37)30-12-7-6-10-24(30)21(2)3/h5-13,16-18,21-22H,1,14-15,20H2,2-4H3/t22-/m0/s1. The molecule has 0 N–H and O–H groups in total. The molecule has 1 aliphatic heterocycles. The Morgan fingerprint density at radius 2 is 1.91 bits per heavy atom. The van der Waals surface area contributed by atoms with Crippen molar-refractivity contribution in [2.45, 2.75) is 32.7 Å². The third-order valence-corrected chi connectivity index (χ3v) is 8.63. The predicted octanol–water partition coefficient (Wildman–Crippen LogP) is 7.28. The summed E-state index contributed by atoms with van der Waals surface area (Å²) in [5, 5.41) is 12.6. The van der Waals surface area contributed by atoms with Crippen LogP contribution in [0.3, 0.4) is 0 Å². The van der Waals surface area contributed by atoms with Crippen LogP contribution in [0, 0.1) is 11.3 Å². The maximum absolute atomic E-state index is 14.5. The van der Waals surface area contributed by atoms with Gasteiger partial charge in [0.2, 0.25) is 5.91 Å². The van der Waals surface area contributed by atoms with E-state index in [-0.39, 0.29) is 23.4 Å². The van der Waals surface area contributed by atoms with E-state index < -0.39 is 5.56 Å². The van der Waals surface area contributed by atoms with Crippen LogP contribution in [-0.4, -0.2) is 41.1 Å². The summed E-state index contributed by atoms with van der Waals surface area (Å²) >= 11 is 7.06. The van der Waals surface area contributed by atoms with E-state index in [0.29, 0.717) is 46.8 Å². The molecular weight excluding hydrogens is 560 g/mol. The van der Waals surface area contributed by atoms with Crippen molar-refractivity contribution >= 4 is 45.1 Å². The van der Waals surface area contributed by atoms with Crippen LogP contribution < -0.4 is 10.5 Å². The number of para-hydroxylation sites is 2. The third kappa shape index (κ3) is 4.68. The van der Waals surface area contributed by atoms with Crippen LogP contribution in [0.5, 0.6) is 0 Å². The topological polar surface area (TPSA) is 82.5 Å². The van der Waals surface area contributed by atoms with Gasteiger partial charge in [-0.3, -0.25) is 14.2 Å². The summed E-state index contributed by atoms with van der Waals surface area (Å²) < 4.78 is 7.50. The molecule has 1 fully saturated rings. The minimum atomic E-state index is -0.403. The van der Waals surface area contributed by atoms with Crippen LogP contribution in [0.15, 0.2) is 88.8 Å². The Bertz CT molecular complexity index is 2020. The van der Waals surface area contributed by atoms with Crippen molar-refractivity contribution in [3.8, 4) is 22.9 Å². The maximum Gasteiger partial charge on any atom is 0.275 e. The van der Waals surface area contributed by atoms with Gasteiger partial charge in [-0.15, -0.1) is 0 Å². The molecule has 1 atom stereocenters. The Balaban J connectivity index is 1.69. The second-order valence-corrected chi connectivity index (χ2v) is 11.6. The molecule has 7 nitrogen and oxygen atoms in total. The van der Waals surface area contributed by atoms with Crippen molar-refractivity contribution in [1.29, 1.82) is 5.26 Å². The van der Waals surface area contributed by atoms with Crippen molar-refractivity contribution in [1.82, 2.24) is 9.47 Å². The monoisotopic (exact) mass is 590 g/mol. The van der Waals surface area contributed by atoms with E-state index in [1.807, 2.05) is 67.6 Å². The van der Waals surface area contributed by atoms with Crippen molar-refractivity contribution < 1.29 is 9.21 Å². The molecule has 43 heavy (non-hydrogen) atoms. The second-order valence-electron chi connectivity index (χ2n) is 11.2. The van der Waals surface area contributed by atoms with Gasteiger partial charge in [0.05, 0.1) is 23.2 Å². The highest BCUT2D eigenvalue weighted by Gasteiger charge is 2.31. The van der Waals surface area contributed by atoms with E-state index >= 15 is 0 Å². The number of anilines is 1. The smallest absolute Gasteiger partial charge is 0.275 e. The normalized spacial score (nSPS) is 15.3. The van der Waals surface area contributed by atoms with Gasteiger partial charge in [0.15, 0.2) is 0 Å². The van der Waals surface area contributed by atoms with E-state index in [1.165, 1.54) is 6.08 Å². The highest BCUT2D eigenvalue weighted by molar-refractivity contribution is 6.35. The first-order valence-electron chi connectivity index (χ1n) is 14.3. The second kappa shape index (κ2) is 11.1. The van der Waals surface area contributed by atoms with Crippen LogP contribution in [-0.2, 0) is 4.79 Å². The number of aromatic nitrogens is 1. The molecule has 6 rings (SSSR count). The molecule has 216 valence electrons. The van der Waals surface area contributed by atoms with Crippen LogP contribution in [0.2, 0.25) is 5.02 Å². The Labute approximate surface area is 254 Å². The van der Waals surface area contributed by atoms with Crippen LogP contribution in [0.25, 0.3) is 38.7 Å². The number of nitriles is 1. The number of piperazine rings is 1. The summed E-state index contributed by atoms with van der Waals surface area (Å²) in [5.74, 6) is -0.0140. The molecule has 1 aliphatic rings. The minimum Gasteiger partial charge on any atom is -0.464 e. The molecule has 1 saturated heterocycles. The van der Waals surface area contributed by atoms with Crippen LogP contribution >= 0.6 is 11.6 Å². The van der Waals surface area contributed by atoms with E-state index in [1.54, 1.807) is 15.7 Å². The zero-order chi connectivity index (χ0) is 30.4. The molecule has 2 aromatic heterocycles. The lowest BCUT2D eigenvalue weighted by Crippen LogP contribution is -2.54. The number of pyridine rings is 1. The van der Waals surface area contributed by atoms with Gasteiger partial charge in [-0.05, 0) is 48.7 Å². The number of hydrogen-bond donors (Lipinski definition) is 0. The molecule has 0 bridgehead atoms. The molecule has 0 saturated carbocycles. The highest BCUT2D eigenvalue weighted by Crippen LogP contribution is 2.41. The average molecular weight is 591 g/mol. The molecule has 3 heterocycles. The zero-order valence-electron chi connectivity index (χ0n) is 24.3. The van der Waals surface area contributed by atoms with E-state index in [0.717, 1.165) is 27.8 Å². The van der Waals surface area contributed by atoms with Crippen molar-refractivity contribution in [2.24, 2.45) is 0 Å². The minimum absolute atomic E-state index is 0.0401. The lowest BCUT2D eigenvalue weighted by Gasteiger charge is -2.41. The number of hydrogen-bond acceptors (Lipinski definition) is 5. The van der Waals surface area contributed by atoms with Gasteiger partial charge in [-0.25, -0.2) is 0 Å². The molecule has 5 aromatic rings. The first-order valence-corrected chi connectivity index (χ1v) is 14.7. The quantitative estimate of drug-likeness (QED) is 0.201. The average Bonchev–Trinajstić information content (AvgIpc) is 3.50. The molecular formula is C35H31ClN4O3. The molecule has 0 spiro atoms. The Morgan fingerprint density at radius 1 is 1.12 bits per heavy atom. The number of benzene rings is 3. The summed E-state index contributed by atoms with van der Waals surface area (Å²) in [6.45, 7) is 11.1. The van der Waals surface area contributed by atoms with Crippen molar-refractivity contribution in [2.75, 3.05) is 24.5 Å². The SMILES string of the molecule is C=CC(=O)N1CCN(c2c(C#N)c(=O)n(-c3ccccc3C(C)C)c3cc(-c4cccc5ccoc45)c(Cl)cc23)[C@@H](C)C1. The maximum atomic E-state index is 14.5. The summed E-state index contributed by atoms with van der Waals surface area (Å²) in [6.07, 6.45) is 2.96. The number of carbonyl (C=O) groups is 1. The Hall–Kier alpha value is -4.80. The van der Waals surface area contributed by atoms with Gasteiger partial charge >= 0.3 is 0 Å². The molecule has 8 heteroatoms.